The van der Waals surface area contributed by atoms with Gasteiger partial charge in [0, 0.05) is 38.4 Å². The van der Waals surface area contributed by atoms with Gasteiger partial charge < -0.3 is 15.4 Å². The first-order valence-electron chi connectivity index (χ1n) is 8.30. The van der Waals surface area contributed by atoms with E-state index in [0.29, 0.717) is 5.41 Å². The predicted molar refractivity (Wildman–Crippen MR) is 78.3 cm³/mol. The van der Waals surface area contributed by atoms with Crippen LogP contribution in [0, 0.1) is 11.3 Å². The molecular formula is C16H30N2O. The topological polar surface area (TPSA) is 33.3 Å². The second-order valence-electron chi connectivity index (χ2n) is 7.30. The highest BCUT2D eigenvalue weighted by Crippen LogP contribution is 2.33. The molecule has 2 heterocycles. The van der Waals surface area contributed by atoms with Crippen LogP contribution in [0.15, 0.2) is 0 Å². The quantitative estimate of drug-likeness (QED) is 0.819. The third-order valence-electron chi connectivity index (χ3n) is 5.59. The van der Waals surface area contributed by atoms with E-state index in [2.05, 4.69) is 17.6 Å². The summed E-state index contributed by atoms with van der Waals surface area (Å²) in [6.07, 6.45) is 9.59. The summed E-state index contributed by atoms with van der Waals surface area (Å²) >= 11 is 0. The fourth-order valence-electron chi connectivity index (χ4n) is 4.18. The van der Waals surface area contributed by atoms with E-state index in [0.717, 1.165) is 44.3 Å². The summed E-state index contributed by atoms with van der Waals surface area (Å²) in [6.45, 7) is 6.62. The summed E-state index contributed by atoms with van der Waals surface area (Å²) in [5.41, 5.74) is 0.462. The number of ether oxygens (including phenoxy) is 1. The van der Waals surface area contributed by atoms with Gasteiger partial charge >= 0.3 is 0 Å². The minimum atomic E-state index is 0.462. The summed E-state index contributed by atoms with van der Waals surface area (Å²) in [6, 6.07) is 1.55. The molecule has 3 rings (SSSR count). The summed E-state index contributed by atoms with van der Waals surface area (Å²) in [5, 5.41) is 7.59. The van der Waals surface area contributed by atoms with Gasteiger partial charge in [-0.25, -0.2) is 0 Å². The van der Waals surface area contributed by atoms with Crippen LogP contribution in [-0.4, -0.2) is 38.4 Å². The van der Waals surface area contributed by atoms with Gasteiger partial charge in [0.25, 0.3) is 0 Å². The average Bonchev–Trinajstić information content (AvgIpc) is 2.82. The highest BCUT2D eigenvalue weighted by molar-refractivity contribution is 4.94. The van der Waals surface area contributed by atoms with Crippen molar-refractivity contribution >= 4 is 0 Å². The van der Waals surface area contributed by atoms with Crippen LogP contribution in [0.2, 0.25) is 0 Å². The van der Waals surface area contributed by atoms with E-state index in [9.17, 15) is 0 Å². The van der Waals surface area contributed by atoms with Crippen molar-refractivity contribution in [2.75, 3.05) is 26.3 Å². The molecule has 3 heteroatoms. The molecule has 0 radical (unpaired) electrons. The van der Waals surface area contributed by atoms with Gasteiger partial charge in [0.1, 0.15) is 0 Å². The Morgan fingerprint density at radius 3 is 2.79 bits per heavy atom. The van der Waals surface area contributed by atoms with Gasteiger partial charge in [-0.2, -0.15) is 0 Å². The number of hydrogen-bond donors (Lipinski definition) is 2. The van der Waals surface area contributed by atoms with Crippen LogP contribution >= 0.6 is 0 Å². The first-order valence-corrected chi connectivity index (χ1v) is 8.30. The van der Waals surface area contributed by atoms with E-state index in [1.165, 1.54) is 44.9 Å². The van der Waals surface area contributed by atoms with E-state index < -0.39 is 0 Å². The van der Waals surface area contributed by atoms with Crippen LogP contribution in [0.4, 0.5) is 0 Å². The molecule has 3 fully saturated rings. The number of hydrogen-bond acceptors (Lipinski definition) is 3. The van der Waals surface area contributed by atoms with Crippen molar-refractivity contribution < 1.29 is 4.74 Å². The van der Waals surface area contributed by atoms with Crippen LogP contribution in [-0.2, 0) is 4.74 Å². The molecular weight excluding hydrogens is 236 g/mol. The average molecular weight is 266 g/mol. The minimum absolute atomic E-state index is 0.462. The lowest BCUT2D eigenvalue weighted by molar-refractivity contribution is 0.0240. The summed E-state index contributed by atoms with van der Waals surface area (Å²) in [7, 11) is 0. The monoisotopic (exact) mass is 266 g/mol. The first-order chi connectivity index (χ1) is 9.25. The molecule has 1 aliphatic carbocycles. The van der Waals surface area contributed by atoms with Crippen LogP contribution in [0.3, 0.4) is 0 Å². The Hall–Kier alpha value is -0.120. The van der Waals surface area contributed by atoms with Gasteiger partial charge in [0.15, 0.2) is 0 Å². The molecule has 2 saturated heterocycles. The second-order valence-corrected chi connectivity index (χ2v) is 7.30. The zero-order chi connectivity index (χ0) is 13.1. The Bertz CT molecular complexity index is 274. The maximum Gasteiger partial charge on any atom is 0.0471 e. The molecule has 19 heavy (non-hydrogen) atoms. The van der Waals surface area contributed by atoms with Crippen molar-refractivity contribution in [3.05, 3.63) is 0 Å². The normalized spacial score (nSPS) is 38.1. The fourth-order valence-corrected chi connectivity index (χ4v) is 4.18. The van der Waals surface area contributed by atoms with E-state index in [1.807, 2.05) is 0 Å². The molecule has 110 valence electrons. The first kappa shape index (κ1) is 13.8. The summed E-state index contributed by atoms with van der Waals surface area (Å²) in [5.74, 6) is 0.971. The van der Waals surface area contributed by atoms with Crippen molar-refractivity contribution in [2.45, 2.75) is 64.0 Å². The Labute approximate surface area is 117 Å². The number of fused-ring (bicyclic) bond motifs is 1. The Kier molecular flexibility index (Phi) is 4.45. The largest absolute Gasteiger partial charge is 0.381 e. The molecule has 2 N–H and O–H groups in total. The SMILES string of the molecule is CC1(CNCC2CC3CCCCC3N2)CCOCC1. The molecule has 0 aromatic carbocycles. The number of nitrogens with one attached hydrogen (secondary N) is 2. The van der Waals surface area contributed by atoms with Crippen molar-refractivity contribution in [1.29, 1.82) is 0 Å². The minimum Gasteiger partial charge on any atom is -0.381 e. The molecule has 0 aromatic rings. The van der Waals surface area contributed by atoms with E-state index >= 15 is 0 Å². The van der Waals surface area contributed by atoms with E-state index in [4.69, 9.17) is 4.74 Å². The molecule has 0 amide bonds. The van der Waals surface area contributed by atoms with Crippen LogP contribution in [0.1, 0.15) is 51.9 Å². The van der Waals surface area contributed by atoms with Gasteiger partial charge in [0.05, 0.1) is 0 Å². The van der Waals surface area contributed by atoms with Crippen LogP contribution < -0.4 is 10.6 Å². The molecule has 3 aliphatic rings. The molecule has 3 unspecified atom stereocenters. The zero-order valence-corrected chi connectivity index (χ0v) is 12.4. The van der Waals surface area contributed by atoms with Crippen molar-refractivity contribution in [3.8, 4) is 0 Å². The van der Waals surface area contributed by atoms with Gasteiger partial charge in [0.2, 0.25) is 0 Å². The maximum atomic E-state index is 5.47. The summed E-state index contributed by atoms with van der Waals surface area (Å²) in [4.78, 5) is 0. The highest BCUT2D eigenvalue weighted by Gasteiger charge is 2.35. The lowest BCUT2D eigenvalue weighted by Gasteiger charge is -2.34. The molecule has 0 aromatic heterocycles. The second kappa shape index (κ2) is 6.11. The lowest BCUT2D eigenvalue weighted by atomic mass is 9.82. The van der Waals surface area contributed by atoms with Crippen molar-refractivity contribution in [2.24, 2.45) is 11.3 Å². The predicted octanol–water partition coefficient (Wildman–Crippen LogP) is 2.31. The summed E-state index contributed by atoms with van der Waals surface area (Å²) < 4.78 is 5.47. The van der Waals surface area contributed by atoms with Gasteiger partial charge in [-0.15, -0.1) is 0 Å². The molecule has 3 nitrogen and oxygen atoms in total. The van der Waals surface area contributed by atoms with Gasteiger partial charge in [-0.3, -0.25) is 0 Å². The molecule has 0 spiro atoms. The third kappa shape index (κ3) is 3.50. The Morgan fingerprint density at radius 1 is 1.21 bits per heavy atom. The number of rotatable bonds is 4. The highest BCUT2D eigenvalue weighted by atomic mass is 16.5. The van der Waals surface area contributed by atoms with E-state index in [1.54, 1.807) is 0 Å². The van der Waals surface area contributed by atoms with Gasteiger partial charge in [-0.05, 0) is 43.4 Å². The van der Waals surface area contributed by atoms with Crippen molar-refractivity contribution in [3.63, 3.8) is 0 Å². The zero-order valence-electron chi connectivity index (χ0n) is 12.4. The smallest absolute Gasteiger partial charge is 0.0471 e. The standard InChI is InChI=1S/C16H30N2O/c1-16(6-8-19-9-7-16)12-17-11-14-10-13-4-2-3-5-15(13)18-14/h13-15,17-18H,2-12H2,1H3. The maximum absolute atomic E-state index is 5.47. The van der Waals surface area contributed by atoms with Crippen LogP contribution in [0.5, 0.6) is 0 Å². The Balaban J connectivity index is 1.38. The molecule has 2 aliphatic heterocycles. The van der Waals surface area contributed by atoms with Crippen molar-refractivity contribution in [1.82, 2.24) is 10.6 Å². The lowest BCUT2D eigenvalue weighted by Crippen LogP contribution is -2.43. The Morgan fingerprint density at radius 2 is 2.00 bits per heavy atom. The molecule has 0 bridgehead atoms. The fraction of sp³-hybridized carbons (Fsp3) is 1.00. The third-order valence-corrected chi connectivity index (χ3v) is 5.59. The van der Waals surface area contributed by atoms with Gasteiger partial charge in [-0.1, -0.05) is 19.8 Å². The molecule has 3 atom stereocenters. The van der Waals surface area contributed by atoms with E-state index in [-0.39, 0.29) is 0 Å². The van der Waals surface area contributed by atoms with Crippen LogP contribution in [0.25, 0.3) is 0 Å². The molecule has 1 saturated carbocycles.